The second-order valence-electron chi connectivity index (χ2n) is 6.74. The minimum atomic E-state index is 0.644. The van der Waals surface area contributed by atoms with E-state index in [0.717, 1.165) is 13.1 Å². The van der Waals surface area contributed by atoms with Crippen LogP contribution in [-0.2, 0) is 0 Å². The van der Waals surface area contributed by atoms with Gasteiger partial charge in [0.2, 0.25) is 0 Å². The van der Waals surface area contributed by atoms with Crippen molar-refractivity contribution in [1.82, 2.24) is 5.32 Å². The highest BCUT2D eigenvalue weighted by Gasteiger charge is 2.27. The van der Waals surface area contributed by atoms with Gasteiger partial charge in [-0.3, -0.25) is 4.99 Å². The Morgan fingerprint density at radius 2 is 1.57 bits per heavy atom. The molecule has 0 bridgehead atoms. The second-order valence-corrected chi connectivity index (χ2v) is 6.74. The fourth-order valence-corrected chi connectivity index (χ4v) is 4.01. The molecule has 1 heterocycles. The number of hydrogen-bond acceptors (Lipinski definition) is 2. The number of rotatable bonds is 3. The molecule has 1 unspecified atom stereocenters. The molecular formula is C21H24N2. The molecular weight excluding hydrogens is 280 g/mol. The van der Waals surface area contributed by atoms with E-state index in [-0.39, 0.29) is 0 Å². The van der Waals surface area contributed by atoms with Crippen LogP contribution in [0.25, 0.3) is 11.1 Å². The van der Waals surface area contributed by atoms with Crippen LogP contribution in [0.1, 0.15) is 37.2 Å². The van der Waals surface area contributed by atoms with Crippen LogP contribution < -0.4 is 5.32 Å². The summed E-state index contributed by atoms with van der Waals surface area (Å²) in [5.74, 6) is 2.60. The van der Waals surface area contributed by atoms with Crippen LogP contribution in [0.15, 0.2) is 59.6 Å². The number of amidine groups is 1. The van der Waals surface area contributed by atoms with Crippen molar-refractivity contribution >= 4 is 5.84 Å². The minimum absolute atomic E-state index is 0.644. The van der Waals surface area contributed by atoms with Crippen LogP contribution in [0.4, 0.5) is 0 Å². The van der Waals surface area contributed by atoms with E-state index in [2.05, 4.69) is 64.9 Å². The molecule has 2 heteroatoms. The molecule has 2 aromatic rings. The van der Waals surface area contributed by atoms with E-state index in [9.17, 15) is 0 Å². The molecule has 4 rings (SSSR count). The molecule has 0 saturated heterocycles. The van der Waals surface area contributed by atoms with E-state index in [0.29, 0.717) is 11.8 Å². The summed E-state index contributed by atoms with van der Waals surface area (Å²) in [5.41, 5.74) is 4.10. The van der Waals surface area contributed by atoms with Crippen LogP contribution in [-0.4, -0.2) is 18.9 Å². The lowest BCUT2D eigenvalue weighted by atomic mass is 9.77. The molecule has 1 aliphatic heterocycles. The van der Waals surface area contributed by atoms with Gasteiger partial charge in [0.1, 0.15) is 0 Å². The van der Waals surface area contributed by atoms with Crippen molar-refractivity contribution in [1.29, 1.82) is 0 Å². The summed E-state index contributed by atoms with van der Waals surface area (Å²) in [6.07, 6.45) is 5.17. The van der Waals surface area contributed by atoms with Gasteiger partial charge in [-0.1, -0.05) is 61.0 Å². The Morgan fingerprint density at radius 1 is 0.826 bits per heavy atom. The van der Waals surface area contributed by atoms with E-state index >= 15 is 0 Å². The van der Waals surface area contributed by atoms with Crippen molar-refractivity contribution < 1.29 is 0 Å². The highest BCUT2D eigenvalue weighted by molar-refractivity contribution is 5.86. The molecule has 1 aliphatic carbocycles. The Labute approximate surface area is 138 Å². The van der Waals surface area contributed by atoms with Gasteiger partial charge in [0.15, 0.2) is 0 Å². The molecule has 1 saturated carbocycles. The first-order valence-electron chi connectivity index (χ1n) is 8.84. The van der Waals surface area contributed by atoms with Gasteiger partial charge in [-0.05, 0) is 41.9 Å². The summed E-state index contributed by atoms with van der Waals surface area (Å²) in [4.78, 5) is 4.65. The third-order valence-electron chi connectivity index (χ3n) is 5.25. The first-order chi connectivity index (χ1) is 11.4. The van der Waals surface area contributed by atoms with Crippen molar-refractivity contribution in [3.63, 3.8) is 0 Å². The summed E-state index contributed by atoms with van der Waals surface area (Å²) in [5, 5.41) is 3.48. The first-order valence-corrected chi connectivity index (χ1v) is 8.84. The van der Waals surface area contributed by atoms with Gasteiger partial charge in [0.25, 0.3) is 0 Å². The van der Waals surface area contributed by atoms with Crippen LogP contribution in [0.3, 0.4) is 0 Å². The molecule has 0 radical (unpaired) electrons. The van der Waals surface area contributed by atoms with Gasteiger partial charge >= 0.3 is 0 Å². The molecule has 2 aromatic carbocycles. The number of hydrogen-bond donors (Lipinski definition) is 1. The van der Waals surface area contributed by atoms with Gasteiger partial charge in [-0.2, -0.15) is 0 Å². The van der Waals surface area contributed by atoms with E-state index < -0.39 is 0 Å². The fourth-order valence-electron chi connectivity index (χ4n) is 4.01. The summed E-state index contributed by atoms with van der Waals surface area (Å²) in [7, 11) is 0. The summed E-state index contributed by atoms with van der Waals surface area (Å²) < 4.78 is 0. The Balaban J connectivity index is 1.49. The molecule has 1 N–H and O–H groups in total. The molecule has 23 heavy (non-hydrogen) atoms. The SMILES string of the molecule is c1ccc(-c2ccc([C@@H]3CCCC(C4=NCCN4)C3)cc2)cc1. The van der Waals surface area contributed by atoms with Crippen LogP contribution in [0.5, 0.6) is 0 Å². The highest BCUT2D eigenvalue weighted by atomic mass is 15.1. The lowest BCUT2D eigenvalue weighted by Crippen LogP contribution is -2.30. The zero-order valence-electron chi connectivity index (χ0n) is 13.5. The predicted molar refractivity (Wildman–Crippen MR) is 96.9 cm³/mol. The number of nitrogens with one attached hydrogen (secondary N) is 1. The first kappa shape index (κ1) is 14.5. The van der Waals surface area contributed by atoms with Gasteiger partial charge in [0.05, 0.1) is 12.4 Å². The van der Waals surface area contributed by atoms with E-state index in [1.54, 1.807) is 0 Å². The average Bonchev–Trinajstić information content (AvgIpc) is 3.18. The number of nitrogens with zero attached hydrogens (tertiary/aromatic N) is 1. The van der Waals surface area contributed by atoms with Crippen molar-refractivity contribution in [2.45, 2.75) is 31.6 Å². The smallest absolute Gasteiger partial charge is 0.0996 e. The maximum absolute atomic E-state index is 4.65. The lowest BCUT2D eigenvalue weighted by molar-refractivity contribution is 0.386. The Kier molecular flexibility index (Phi) is 4.14. The molecule has 118 valence electrons. The van der Waals surface area contributed by atoms with Crippen molar-refractivity contribution in [3.8, 4) is 11.1 Å². The second kappa shape index (κ2) is 6.57. The Hall–Kier alpha value is -2.09. The molecule has 2 atom stereocenters. The van der Waals surface area contributed by atoms with Gasteiger partial charge in [-0.15, -0.1) is 0 Å². The summed E-state index contributed by atoms with van der Waals surface area (Å²) in [6, 6.07) is 19.8. The Morgan fingerprint density at radius 3 is 2.30 bits per heavy atom. The zero-order chi connectivity index (χ0) is 15.5. The quantitative estimate of drug-likeness (QED) is 0.878. The maximum atomic E-state index is 4.65. The zero-order valence-corrected chi connectivity index (χ0v) is 13.5. The fraction of sp³-hybridized carbons (Fsp3) is 0.381. The molecule has 0 spiro atoms. The molecule has 0 amide bonds. The molecule has 0 aromatic heterocycles. The number of aliphatic imine (C=N–C) groups is 1. The lowest BCUT2D eigenvalue weighted by Gasteiger charge is -2.29. The van der Waals surface area contributed by atoms with E-state index in [1.165, 1.54) is 48.2 Å². The minimum Gasteiger partial charge on any atom is -0.372 e. The maximum Gasteiger partial charge on any atom is 0.0996 e. The van der Waals surface area contributed by atoms with Crippen LogP contribution >= 0.6 is 0 Å². The summed E-state index contributed by atoms with van der Waals surface area (Å²) >= 11 is 0. The van der Waals surface area contributed by atoms with E-state index in [4.69, 9.17) is 0 Å². The monoisotopic (exact) mass is 304 g/mol. The third-order valence-corrected chi connectivity index (χ3v) is 5.25. The van der Waals surface area contributed by atoms with Gasteiger partial charge in [-0.25, -0.2) is 0 Å². The van der Waals surface area contributed by atoms with Gasteiger partial charge in [0, 0.05) is 12.5 Å². The van der Waals surface area contributed by atoms with Gasteiger partial charge < -0.3 is 5.32 Å². The Bertz CT molecular complexity index is 673. The van der Waals surface area contributed by atoms with Crippen LogP contribution in [0.2, 0.25) is 0 Å². The standard InChI is InChI=1S/C21H24N2/c1-2-5-16(6-3-1)17-9-11-18(12-10-17)19-7-4-8-20(15-19)21-22-13-14-23-21/h1-3,5-6,9-12,19-20H,4,7-8,13-15H2,(H,22,23)/t19-,20?/m1/s1. The number of benzene rings is 2. The molecule has 2 nitrogen and oxygen atoms in total. The molecule has 2 aliphatic rings. The van der Waals surface area contributed by atoms with E-state index in [1.807, 2.05) is 0 Å². The van der Waals surface area contributed by atoms with Crippen molar-refractivity contribution in [3.05, 3.63) is 60.2 Å². The topological polar surface area (TPSA) is 24.4 Å². The van der Waals surface area contributed by atoms with Crippen molar-refractivity contribution in [2.24, 2.45) is 10.9 Å². The summed E-state index contributed by atoms with van der Waals surface area (Å²) in [6.45, 7) is 1.99. The normalized spacial score (nSPS) is 24.1. The molecule has 1 fully saturated rings. The predicted octanol–water partition coefficient (Wildman–Crippen LogP) is 4.63. The average molecular weight is 304 g/mol. The largest absolute Gasteiger partial charge is 0.372 e. The highest BCUT2D eigenvalue weighted by Crippen LogP contribution is 2.37. The van der Waals surface area contributed by atoms with Crippen LogP contribution in [0, 0.1) is 5.92 Å². The van der Waals surface area contributed by atoms with Crippen molar-refractivity contribution in [2.75, 3.05) is 13.1 Å². The third kappa shape index (κ3) is 3.17.